The zero-order valence-electron chi connectivity index (χ0n) is 12.7. The maximum absolute atomic E-state index is 12.6. The summed E-state index contributed by atoms with van der Waals surface area (Å²) in [6.07, 6.45) is -2.87. The van der Waals surface area contributed by atoms with Gasteiger partial charge in [0.2, 0.25) is 0 Å². The van der Waals surface area contributed by atoms with Gasteiger partial charge >= 0.3 is 6.18 Å². The number of hydrogen-bond donors (Lipinski definition) is 1. The quantitative estimate of drug-likeness (QED) is 0.651. The highest BCUT2D eigenvalue weighted by molar-refractivity contribution is 6.33. The maximum Gasteiger partial charge on any atom is 0.417 e. The molecule has 1 fully saturated rings. The van der Waals surface area contributed by atoms with Crippen LogP contribution in [-0.4, -0.2) is 48.0 Å². The molecule has 1 aromatic heterocycles. The van der Waals surface area contributed by atoms with Gasteiger partial charge in [0.05, 0.1) is 15.5 Å². The molecule has 1 aliphatic rings. The lowest BCUT2D eigenvalue weighted by Gasteiger charge is -2.37. The zero-order valence-corrected chi connectivity index (χ0v) is 13.4. The second-order valence-electron chi connectivity index (χ2n) is 5.05. The van der Waals surface area contributed by atoms with E-state index in [0.29, 0.717) is 32.0 Å². The normalized spacial score (nSPS) is 16.3. The molecule has 2 rings (SSSR count). The maximum atomic E-state index is 12.6. The Kier molecular flexibility index (Phi) is 5.37. The topological polar surface area (TPSA) is 74.5 Å². The van der Waals surface area contributed by atoms with Crippen molar-refractivity contribution in [2.45, 2.75) is 6.18 Å². The summed E-state index contributed by atoms with van der Waals surface area (Å²) < 4.78 is 37.9. The minimum Gasteiger partial charge on any atom is -0.370 e. The average Bonchev–Trinajstić information content (AvgIpc) is 2.52. The molecule has 0 radical (unpaired) electrons. The smallest absolute Gasteiger partial charge is 0.370 e. The van der Waals surface area contributed by atoms with E-state index in [1.165, 1.54) is 0 Å². The summed E-state index contributed by atoms with van der Waals surface area (Å²) in [6, 6.07) is 0.849. The van der Waals surface area contributed by atoms with E-state index >= 15 is 0 Å². The predicted molar refractivity (Wildman–Crippen MR) is 82.2 cm³/mol. The molecule has 1 N–H and O–H groups in total. The third-order valence-electron chi connectivity index (χ3n) is 3.55. The van der Waals surface area contributed by atoms with Crippen LogP contribution in [0.1, 0.15) is 5.56 Å². The molecule has 1 aliphatic heterocycles. The molecule has 0 atom stereocenters. The summed E-state index contributed by atoms with van der Waals surface area (Å²) in [5.41, 5.74) is -0.902. The average molecular weight is 366 g/mol. The van der Waals surface area contributed by atoms with Crippen molar-refractivity contribution >= 4 is 17.4 Å². The predicted octanol–water partition coefficient (Wildman–Crippen LogP) is 2.17. The first-order chi connectivity index (χ1) is 11.2. The van der Waals surface area contributed by atoms with Crippen LogP contribution in [0.15, 0.2) is 24.3 Å². The molecule has 0 aliphatic carbocycles. The first-order valence-electron chi connectivity index (χ1n) is 6.98. The van der Waals surface area contributed by atoms with Gasteiger partial charge in [-0.2, -0.15) is 13.2 Å². The van der Waals surface area contributed by atoms with Crippen LogP contribution in [0.5, 0.6) is 0 Å². The number of aromatic nitrogens is 1. The van der Waals surface area contributed by atoms with Gasteiger partial charge in [-0.05, 0) is 6.07 Å². The fraction of sp³-hybridized carbons (Fsp3) is 0.462. The van der Waals surface area contributed by atoms with E-state index in [9.17, 15) is 23.3 Å². The molecule has 7 nitrogen and oxygen atoms in total. The van der Waals surface area contributed by atoms with Gasteiger partial charge in [0.25, 0.3) is 6.20 Å². The molecule has 1 aromatic rings. The Bertz CT molecular complexity index is 645. The van der Waals surface area contributed by atoms with Crippen molar-refractivity contribution in [2.75, 3.05) is 38.1 Å². The number of nitrogens with zero attached hydrogens (tertiary/aromatic N) is 4. The zero-order chi connectivity index (χ0) is 17.9. The number of hydrogen-bond acceptors (Lipinski definition) is 6. The fourth-order valence-electron chi connectivity index (χ4n) is 2.38. The van der Waals surface area contributed by atoms with Crippen LogP contribution >= 0.6 is 11.6 Å². The fourth-order valence-corrected chi connectivity index (χ4v) is 2.67. The van der Waals surface area contributed by atoms with Crippen LogP contribution in [0.4, 0.5) is 19.0 Å². The van der Waals surface area contributed by atoms with Gasteiger partial charge < -0.3 is 15.1 Å². The van der Waals surface area contributed by atoms with Crippen LogP contribution < -0.4 is 10.2 Å². The Balaban J connectivity index is 2.09. The SMILES string of the molecule is CNC(=C[N+](=O)[O-])N1CCN(c2ncc(C(F)(F)F)cc2Cl)CC1. The van der Waals surface area contributed by atoms with Crippen molar-refractivity contribution in [1.82, 2.24) is 15.2 Å². The summed E-state index contributed by atoms with van der Waals surface area (Å²) >= 11 is 5.93. The number of nitrogens with one attached hydrogen (secondary N) is 1. The molecule has 0 bridgehead atoms. The minimum atomic E-state index is -4.50. The molecule has 0 saturated carbocycles. The van der Waals surface area contributed by atoms with E-state index in [4.69, 9.17) is 11.6 Å². The van der Waals surface area contributed by atoms with Crippen LogP contribution in [0.3, 0.4) is 0 Å². The van der Waals surface area contributed by atoms with Crippen LogP contribution in [0, 0.1) is 10.1 Å². The second kappa shape index (κ2) is 7.12. The summed E-state index contributed by atoms with van der Waals surface area (Å²) in [7, 11) is 1.58. The monoisotopic (exact) mass is 365 g/mol. The number of anilines is 1. The van der Waals surface area contributed by atoms with Gasteiger partial charge in [0, 0.05) is 39.4 Å². The van der Waals surface area contributed by atoms with Crippen molar-refractivity contribution in [3.63, 3.8) is 0 Å². The largest absolute Gasteiger partial charge is 0.417 e. The first kappa shape index (κ1) is 18.1. The molecular formula is C13H15ClF3N5O2. The highest BCUT2D eigenvalue weighted by Gasteiger charge is 2.32. The van der Waals surface area contributed by atoms with Gasteiger partial charge in [-0.1, -0.05) is 11.6 Å². The van der Waals surface area contributed by atoms with E-state index in [-0.39, 0.29) is 10.8 Å². The highest BCUT2D eigenvalue weighted by Crippen LogP contribution is 2.33. The molecule has 1 saturated heterocycles. The van der Waals surface area contributed by atoms with Gasteiger partial charge in [-0.25, -0.2) is 4.98 Å². The molecule has 132 valence electrons. The molecule has 0 spiro atoms. The van der Waals surface area contributed by atoms with Gasteiger partial charge in [0.15, 0.2) is 5.82 Å². The number of nitro groups is 1. The first-order valence-corrected chi connectivity index (χ1v) is 7.36. The number of halogens is 4. The van der Waals surface area contributed by atoms with Gasteiger partial charge in [0.1, 0.15) is 5.82 Å². The van der Waals surface area contributed by atoms with Crippen molar-refractivity contribution in [3.05, 3.63) is 45.0 Å². The van der Waals surface area contributed by atoms with Crippen LogP contribution in [0.25, 0.3) is 0 Å². The summed E-state index contributed by atoms with van der Waals surface area (Å²) in [5.74, 6) is 0.639. The summed E-state index contributed by atoms with van der Waals surface area (Å²) in [6.45, 7) is 1.74. The minimum absolute atomic E-state index is 0.0760. The van der Waals surface area contributed by atoms with Crippen molar-refractivity contribution in [3.8, 4) is 0 Å². The summed E-state index contributed by atoms with van der Waals surface area (Å²) in [4.78, 5) is 17.4. The lowest BCUT2D eigenvalue weighted by atomic mass is 10.2. The summed E-state index contributed by atoms with van der Waals surface area (Å²) in [5, 5.41) is 13.3. The lowest BCUT2D eigenvalue weighted by Crippen LogP contribution is -2.48. The van der Waals surface area contributed by atoms with Gasteiger partial charge in [-0.3, -0.25) is 10.1 Å². The molecule has 0 aromatic carbocycles. The van der Waals surface area contributed by atoms with Crippen molar-refractivity contribution < 1.29 is 18.1 Å². The molecule has 24 heavy (non-hydrogen) atoms. The molecule has 0 unspecified atom stereocenters. The van der Waals surface area contributed by atoms with Crippen molar-refractivity contribution in [2.24, 2.45) is 0 Å². The van der Waals surface area contributed by atoms with E-state index in [1.54, 1.807) is 16.8 Å². The van der Waals surface area contributed by atoms with E-state index in [0.717, 1.165) is 18.5 Å². The Morgan fingerprint density at radius 2 is 2.04 bits per heavy atom. The van der Waals surface area contributed by atoms with Crippen LogP contribution in [-0.2, 0) is 6.18 Å². The Labute approximate surface area is 140 Å². The molecule has 2 heterocycles. The Hall–Kier alpha value is -2.23. The third kappa shape index (κ3) is 4.19. The van der Waals surface area contributed by atoms with Gasteiger partial charge in [-0.15, -0.1) is 0 Å². The van der Waals surface area contributed by atoms with Crippen molar-refractivity contribution in [1.29, 1.82) is 0 Å². The third-order valence-corrected chi connectivity index (χ3v) is 3.83. The number of piperazine rings is 1. The van der Waals surface area contributed by atoms with E-state index in [1.807, 2.05) is 0 Å². The number of alkyl halides is 3. The van der Waals surface area contributed by atoms with E-state index < -0.39 is 16.7 Å². The lowest BCUT2D eigenvalue weighted by molar-refractivity contribution is -0.404. The standard InChI is InChI=1S/C13H15ClF3N5O2/c1-18-11(8-22(23)24)20-2-4-21(5-3-20)12-10(14)6-9(7-19-12)13(15,16)17/h6-8,18H,2-5H2,1H3. The molecule has 0 amide bonds. The number of pyridine rings is 1. The number of rotatable bonds is 4. The Morgan fingerprint density at radius 1 is 1.42 bits per heavy atom. The Morgan fingerprint density at radius 3 is 2.50 bits per heavy atom. The highest BCUT2D eigenvalue weighted by atomic mass is 35.5. The van der Waals surface area contributed by atoms with E-state index in [2.05, 4.69) is 10.3 Å². The van der Waals surface area contributed by atoms with Crippen LogP contribution in [0.2, 0.25) is 5.02 Å². The molecular weight excluding hydrogens is 351 g/mol. The molecule has 11 heteroatoms. The second-order valence-corrected chi connectivity index (χ2v) is 5.46.